The Balaban J connectivity index is 1.74. The van der Waals surface area contributed by atoms with Crippen LogP contribution in [0.25, 0.3) is 0 Å². The van der Waals surface area contributed by atoms with Crippen molar-refractivity contribution in [3.05, 3.63) is 0 Å². The minimum Gasteiger partial charge on any atom is -0.381 e. The van der Waals surface area contributed by atoms with Crippen LogP contribution in [0.3, 0.4) is 0 Å². The maximum absolute atomic E-state index is 12.2. The molecule has 0 unspecified atom stereocenters. The molecule has 1 amide bonds. The molecule has 0 aromatic rings. The molecule has 1 aliphatic carbocycles. The van der Waals surface area contributed by atoms with Crippen LogP contribution in [0.4, 0.5) is 0 Å². The van der Waals surface area contributed by atoms with E-state index >= 15 is 0 Å². The van der Waals surface area contributed by atoms with Gasteiger partial charge in [0.2, 0.25) is 5.91 Å². The molecule has 0 aromatic carbocycles. The van der Waals surface area contributed by atoms with Gasteiger partial charge in [0.1, 0.15) is 0 Å². The number of carbonyl (C=O) groups is 1. The second kappa shape index (κ2) is 7.22. The molecule has 0 spiro atoms. The molecule has 2 fully saturated rings. The summed E-state index contributed by atoms with van der Waals surface area (Å²) in [4.78, 5) is 16.4. The Morgan fingerprint density at radius 1 is 1.26 bits per heavy atom. The molecule has 5 heteroatoms. The molecule has 1 saturated heterocycles. The van der Waals surface area contributed by atoms with Crippen LogP contribution >= 0.6 is 0 Å². The standard InChI is InChI=1S/C14H27N3O2/c1-16(12-3-5-13(19-2)6-4-12)11-14(18)17-9-7-15-8-10-17/h12-13,15H,3-11H2,1-2H3. The number of nitrogens with zero attached hydrogens (tertiary/aromatic N) is 2. The van der Waals surface area contributed by atoms with Gasteiger partial charge < -0.3 is 15.0 Å². The largest absolute Gasteiger partial charge is 0.381 e. The molecule has 0 bridgehead atoms. The number of hydrogen-bond donors (Lipinski definition) is 1. The molecule has 1 N–H and O–H groups in total. The summed E-state index contributed by atoms with van der Waals surface area (Å²) in [6, 6.07) is 0.540. The first-order valence-electron chi connectivity index (χ1n) is 7.42. The fourth-order valence-electron chi connectivity index (χ4n) is 3.08. The molecular weight excluding hydrogens is 242 g/mol. The van der Waals surface area contributed by atoms with Crippen LogP contribution in [0.1, 0.15) is 25.7 Å². The first kappa shape index (κ1) is 14.8. The molecular formula is C14H27N3O2. The highest BCUT2D eigenvalue weighted by Gasteiger charge is 2.26. The number of ether oxygens (including phenoxy) is 1. The Morgan fingerprint density at radius 2 is 1.89 bits per heavy atom. The fourth-order valence-corrected chi connectivity index (χ4v) is 3.08. The van der Waals surface area contributed by atoms with Crippen LogP contribution in [0.2, 0.25) is 0 Å². The molecule has 0 aromatic heterocycles. The van der Waals surface area contributed by atoms with Crippen molar-refractivity contribution in [2.45, 2.75) is 37.8 Å². The Labute approximate surface area is 116 Å². The maximum atomic E-state index is 12.2. The van der Waals surface area contributed by atoms with Crippen molar-refractivity contribution in [2.24, 2.45) is 0 Å². The smallest absolute Gasteiger partial charge is 0.236 e. The SMILES string of the molecule is COC1CCC(N(C)CC(=O)N2CCNCC2)CC1. The Hall–Kier alpha value is -0.650. The van der Waals surface area contributed by atoms with Crippen LogP contribution in [0.15, 0.2) is 0 Å². The van der Waals surface area contributed by atoms with Gasteiger partial charge in [-0.05, 0) is 32.7 Å². The van der Waals surface area contributed by atoms with Crippen molar-refractivity contribution in [1.82, 2.24) is 15.1 Å². The molecule has 1 aliphatic heterocycles. The second-order valence-electron chi connectivity index (χ2n) is 5.71. The van der Waals surface area contributed by atoms with Gasteiger partial charge in [-0.25, -0.2) is 0 Å². The van der Waals surface area contributed by atoms with Crippen LogP contribution in [-0.4, -0.2) is 74.7 Å². The van der Waals surface area contributed by atoms with E-state index in [4.69, 9.17) is 4.74 Å². The van der Waals surface area contributed by atoms with Gasteiger partial charge in [0.25, 0.3) is 0 Å². The van der Waals surface area contributed by atoms with Gasteiger partial charge in [0.05, 0.1) is 12.6 Å². The van der Waals surface area contributed by atoms with E-state index < -0.39 is 0 Å². The van der Waals surface area contributed by atoms with E-state index in [1.54, 1.807) is 7.11 Å². The Morgan fingerprint density at radius 3 is 2.47 bits per heavy atom. The zero-order valence-electron chi connectivity index (χ0n) is 12.2. The number of piperazine rings is 1. The third-order valence-electron chi connectivity index (χ3n) is 4.45. The van der Waals surface area contributed by atoms with Gasteiger partial charge in [-0.2, -0.15) is 0 Å². The third-order valence-corrected chi connectivity index (χ3v) is 4.45. The number of rotatable bonds is 4. The predicted molar refractivity (Wildman–Crippen MR) is 75.1 cm³/mol. The number of nitrogens with one attached hydrogen (secondary N) is 1. The maximum Gasteiger partial charge on any atom is 0.236 e. The van der Waals surface area contributed by atoms with Gasteiger partial charge >= 0.3 is 0 Å². The van der Waals surface area contributed by atoms with E-state index in [-0.39, 0.29) is 5.91 Å². The Kier molecular flexibility index (Phi) is 5.60. The molecule has 110 valence electrons. The van der Waals surface area contributed by atoms with E-state index in [2.05, 4.69) is 17.3 Å². The van der Waals surface area contributed by atoms with E-state index in [9.17, 15) is 4.79 Å². The molecule has 19 heavy (non-hydrogen) atoms. The average Bonchev–Trinajstić information content (AvgIpc) is 2.48. The lowest BCUT2D eigenvalue weighted by Gasteiger charge is -2.35. The molecule has 1 saturated carbocycles. The zero-order chi connectivity index (χ0) is 13.7. The van der Waals surface area contributed by atoms with Crippen molar-refractivity contribution >= 4 is 5.91 Å². The first-order valence-corrected chi connectivity index (χ1v) is 7.42. The quantitative estimate of drug-likeness (QED) is 0.798. The lowest BCUT2D eigenvalue weighted by molar-refractivity contribution is -0.133. The summed E-state index contributed by atoms with van der Waals surface area (Å²) in [6.07, 6.45) is 4.95. The van der Waals surface area contributed by atoms with Crippen molar-refractivity contribution in [3.8, 4) is 0 Å². The number of likely N-dealkylation sites (N-methyl/N-ethyl adjacent to an activating group) is 1. The summed E-state index contributed by atoms with van der Waals surface area (Å²) in [5.41, 5.74) is 0. The van der Waals surface area contributed by atoms with Crippen molar-refractivity contribution in [3.63, 3.8) is 0 Å². The third kappa shape index (κ3) is 4.16. The summed E-state index contributed by atoms with van der Waals surface area (Å²) in [5.74, 6) is 0.276. The number of methoxy groups -OCH3 is 1. The number of carbonyl (C=O) groups excluding carboxylic acids is 1. The molecule has 2 rings (SSSR count). The highest BCUT2D eigenvalue weighted by molar-refractivity contribution is 5.78. The minimum atomic E-state index is 0.276. The second-order valence-corrected chi connectivity index (χ2v) is 5.71. The van der Waals surface area contributed by atoms with E-state index in [0.717, 1.165) is 51.9 Å². The monoisotopic (exact) mass is 269 g/mol. The first-order chi connectivity index (χ1) is 9.20. The van der Waals surface area contributed by atoms with Gasteiger partial charge in [0, 0.05) is 39.3 Å². The van der Waals surface area contributed by atoms with Crippen LogP contribution in [0, 0.1) is 0 Å². The van der Waals surface area contributed by atoms with Gasteiger partial charge in [0.15, 0.2) is 0 Å². The lowest BCUT2D eigenvalue weighted by atomic mass is 9.92. The van der Waals surface area contributed by atoms with Gasteiger partial charge in [-0.3, -0.25) is 9.69 Å². The van der Waals surface area contributed by atoms with Crippen LogP contribution < -0.4 is 5.32 Å². The van der Waals surface area contributed by atoms with E-state index in [1.807, 2.05) is 4.90 Å². The van der Waals surface area contributed by atoms with Gasteiger partial charge in [-0.15, -0.1) is 0 Å². The normalized spacial score (nSPS) is 28.7. The molecule has 2 aliphatic rings. The summed E-state index contributed by atoms with van der Waals surface area (Å²) in [5, 5.41) is 3.28. The summed E-state index contributed by atoms with van der Waals surface area (Å²) < 4.78 is 5.39. The summed E-state index contributed by atoms with van der Waals surface area (Å²) in [6.45, 7) is 4.11. The lowest BCUT2D eigenvalue weighted by Crippen LogP contribution is -2.50. The number of amides is 1. The van der Waals surface area contributed by atoms with Crippen molar-refractivity contribution in [1.29, 1.82) is 0 Å². The van der Waals surface area contributed by atoms with E-state index in [1.165, 1.54) is 0 Å². The van der Waals surface area contributed by atoms with E-state index in [0.29, 0.717) is 18.7 Å². The van der Waals surface area contributed by atoms with Crippen molar-refractivity contribution in [2.75, 3.05) is 46.9 Å². The minimum absolute atomic E-state index is 0.276. The topological polar surface area (TPSA) is 44.8 Å². The average molecular weight is 269 g/mol. The molecule has 0 radical (unpaired) electrons. The Bertz CT molecular complexity index is 284. The molecule has 5 nitrogen and oxygen atoms in total. The predicted octanol–water partition coefficient (Wildman–Crippen LogP) is 0.308. The van der Waals surface area contributed by atoms with Gasteiger partial charge in [-0.1, -0.05) is 0 Å². The summed E-state index contributed by atoms with van der Waals surface area (Å²) in [7, 11) is 3.88. The van der Waals surface area contributed by atoms with Crippen LogP contribution in [0.5, 0.6) is 0 Å². The van der Waals surface area contributed by atoms with Crippen LogP contribution in [-0.2, 0) is 9.53 Å². The highest BCUT2D eigenvalue weighted by atomic mass is 16.5. The molecule has 1 heterocycles. The molecule has 0 atom stereocenters. The zero-order valence-corrected chi connectivity index (χ0v) is 12.2. The fraction of sp³-hybridized carbons (Fsp3) is 0.929. The number of hydrogen-bond acceptors (Lipinski definition) is 4. The summed E-state index contributed by atoms with van der Waals surface area (Å²) >= 11 is 0. The van der Waals surface area contributed by atoms with Crippen molar-refractivity contribution < 1.29 is 9.53 Å². The highest BCUT2D eigenvalue weighted by Crippen LogP contribution is 2.23.